The van der Waals surface area contributed by atoms with Gasteiger partial charge in [0, 0.05) is 7.11 Å². The Hall–Kier alpha value is -0.770. The van der Waals surface area contributed by atoms with Crippen molar-refractivity contribution in [3.05, 3.63) is 0 Å². The molecule has 8 nitrogen and oxygen atoms in total. The highest BCUT2D eigenvalue weighted by Crippen LogP contribution is 2.40. The molecule has 0 amide bonds. The third kappa shape index (κ3) is 2.60. The fraction of sp³-hybridized carbons (Fsp3) is 0.909. The van der Waals surface area contributed by atoms with E-state index in [9.17, 15) is 9.90 Å². The van der Waals surface area contributed by atoms with Crippen LogP contribution in [0.2, 0.25) is 0 Å². The van der Waals surface area contributed by atoms with Gasteiger partial charge in [0.05, 0.1) is 0 Å². The number of aliphatic hydroxyl groups excluding tert-OH is 1. The van der Waals surface area contributed by atoms with Gasteiger partial charge in [0.15, 0.2) is 12.1 Å². The minimum Gasteiger partial charge on any atom is -0.480 e. The monoisotopic (exact) mass is 277 g/mol. The summed E-state index contributed by atoms with van der Waals surface area (Å²) >= 11 is 0. The summed E-state index contributed by atoms with van der Waals surface area (Å²) < 4.78 is 21.8. The predicted molar refractivity (Wildman–Crippen MR) is 61.1 cm³/mol. The molecule has 2 aliphatic heterocycles. The maximum Gasteiger partial charge on any atom is 0.323 e. The van der Waals surface area contributed by atoms with E-state index < -0.39 is 48.5 Å². The Balaban J connectivity index is 2.16. The zero-order valence-corrected chi connectivity index (χ0v) is 11.0. The number of nitrogens with two attached hydrogens (primary N) is 1. The number of rotatable bonds is 4. The fourth-order valence-electron chi connectivity index (χ4n) is 2.41. The summed E-state index contributed by atoms with van der Waals surface area (Å²) in [4.78, 5) is 10.8. The van der Waals surface area contributed by atoms with E-state index in [-0.39, 0.29) is 0 Å². The number of aliphatic carboxylic acids is 1. The second-order valence-corrected chi connectivity index (χ2v) is 5.12. The van der Waals surface area contributed by atoms with Crippen molar-refractivity contribution in [3.63, 3.8) is 0 Å². The number of carboxylic acids is 1. The van der Waals surface area contributed by atoms with Crippen molar-refractivity contribution in [1.82, 2.24) is 0 Å². The summed E-state index contributed by atoms with van der Waals surface area (Å²) in [6.07, 6.45) is -4.21. The average molecular weight is 277 g/mol. The van der Waals surface area contributed by atoms with Gasteiger partial charge in [0.1, 0.15) is 30.5 Å². The molecule has 0 unspecified atom stereocenters. The summed E-state index contributed by atoms with van der Waals surface area (Å²) in [5.74, 6) is -2.16. The number of carbonyl (C=O) groups is 1. The first-order chi connectivity index (χ1) is 8.76. The maximum absolute atomic E-state index is 10.8. The summed E-state index contributed by atoms with van der Waals surface area (Å²) in [5, 5.41) is 18.8. The molecule has 19 heavy (non-hydrogen) atoms. The molecule has 110 valence electrons. The van der Waals surface area contributed by atoms with Gasteiger partial charge in [0.2, 0.25) is 0 Å². The second-order valence-electron chi connectivity index (χ2n) is 5.12. The lowest BCUT2D eigenvalue weighted by Gasteiger charge is -2.27. The van der Waals surface area contributed by atoms with Crippen LogP contribution in [-0.4, -0.2) is 65.8 Å². The molecule has 0 saturated carbocycles. The number of hydrogen-bond donors (Lipinski definition) is 3. The van der Waals surface area contributed by atoms with Crippen LogP contribution in [-0.2, 0) is 23.7 Å². The lowest BCUT2D eigenvalue weighted by molar-refractivity contribution is -0.238. The number of carboxylic acid groups (broad SMARTS) is 1. The van der Waals surface area contributed by atoms with Crippen LogP contribution >= 0.6 is 0 Å². The maximum atomic E-state index is 10.8. The van der Waals surface area contributed by atoms with Crippen molar-refractivity contribution in [3.8, 4) is 0 Å². The standard InChI is InChI=1S/C11H19NO7/c1-11(2)18-7-6(5(13)4(12)9(14)15)17-10(16-3)8(7)19-11/h4-8,10,13H,12H2,1-3H3,(H,14,15)/t4-,5-,6-,7-,8-,10-/m1/s1. The average Bonchev–Trinajstić information content (AvgIpc) is 2.79. The second kappa shape index (κ2) is 4.97. The quantitative estimate of drug-likeness (QED) is 0.577. The van der Waals surface area contributed by atoms with Crippen molar-refractivity contribution in [2.24, 2.45) is 5.73 Å². The summed E-state index contributed by atoms with van der Waals surface area (Å²) in [6.45, 7) is 3.44. The Morgan fingerprint density at radius 1 is 1.37 bits per heavy atom. The zero-order chi connectivity index (χ0) is 14.4. The van der Waals surface area contributed by atoms with Gasteiger partial charge < -0.3 is 34.9 Å². The number of hydrogen-bond acceptors (Lipinski definition) is 7. The normalized spacial score (nSPS) is 39.8. The molecule has 2 rings (SSSR count). The van der Waals surface area contributed by atoms with Crippen LogP contribution in [0.5, 0.6) is 0 Å². The number of fused-ring (bicyclic) bond motifs is 1. The van der Waals surface area contributed by atoms with E-state index in [1.165, 1.54) is 7.11 Å². The van der Waals surface area contributed by atoms with Crippen LogP contribution in [0.25, 0.3) is 0 Å². The van der Waals surface area contributed by atoms with E-state index in [4.69, 9.17) is 29.8 Å². The van der Waals surface area contributed by atoms with E-state index in [2.05, 4.69) is 0 Å². The van der Waals surface area contributed by atoms with Crippen molar-refractivity contribution < 1.29 is 34.0 Å². The lowest BCUT2D eigenvalue weighted by Crippen LogP contribution is -2.52. The third-order valence-corrected chi connectivity index (χ3v) is 3.27. The summed E-state index contributed by atoms with van der Waals surface area (Å²) in [6, 6.07) is -1.46. The van der Waals surface area contributed by atoms with Gasteiger partial charge in [-0.05, 0) is 13.8 Å². The molecule has 0 aromatic rings. The molecule has 6 atom stereocenters. The van der Waals surface area contributed by atoms with Crippen molar-refractivity contribution >= 4 is 5.97 Å². The Kier molecular flexibility index (Phi) is 3.83. The highest BCUT2D eigenvalue weighted by atomic mass is 16.8. The molecular weight excluding hydrogens is 258 g/mol. The number of aliphatic hydroxyl groups is 1. The topological polar surface area (TPSA) is 120 Å². The minimum absolute atomic E-state index is 0.527. The van der Waals surface area contributed by atoms with Crippen LogP contribution in [0, 0.1) is 0 Å². The molecule has 0 aliphatic carbocycles. The first kappa shape index (κ1) is 14.6. The number of ether oxygens (including phenoxy) is 4. The van der Waals surface area contributed by atoms with Gasteiger partial charge in [-0.3, -0.25) is 4.79 Å². The molecule has 2 fully saturated rings. The molecular formula is C11H19NO7. The zero-order valence-electron chi connectivity index (χ0n) is 11.0. The molecule has 2 saturated heterocycles. The van der Waals surface area contributed by atoms with Gasteiger partial charge in [0.25, 0.3) is 0 Å². The molecule has 2 heterocycles. The van der Waals surface area contributed by atoms with Crippen molar-refractivity contribution in [2.75, 3.05) is 7.11 Å². The highest BCUT2D eigenvalue weighted by molar-refractivity contribution is 5.74. The Morgan fingerprint density at radius 2 is 1.95 bits per heavy atom. The fourth-order valence-corrected chi connectivity index (χ4v) is 2.41. The molecule has 0 radical (unpaired) electrons. The first-order valence-corrected chi connectivity index (χ1v) is 5.97. The Bertz CT molecular complexity index is 361. The van der Waals surface area contributed by atoms with Crippen LogP contribution in [0.3, 0.4) is 0 Å². The van der Waals surface area contributed by atoms with Gasteiger partial charge in [-0.1, -0.05) is 0 Å². The van der Waals surface area contributed by atoms with Crippen molar-refractivity contribution in [2.45, 2.75) is 56.4 Å². The lowest BCUT2D eigenvalue weighted by atomic mass is 10.0. The third-order valence-electron chi connectivity index (χ3n) is 3.27. The first-order valence-electron chi connectivity index (χ1n) is 5.97. The summed E-state index contributed by atoms with van der Waals surface area (Å²) in [7, 11) is 1.43. The number of methoxy groups -OCH3 is 1. The van der Waals surface area contributed by atoms with Gasteiger partial charge in [-0.2, -0.15) is 0 Å². The smallest absolute Gasteiger partial charge is 0.323 e. The van der Waals surface area contributed by atoms with E-state index in [1.54, 1.807) is 13.8 Å². The molecule has 0 aromatic heterocycles. The predicted octanol–water partition coefficient (Wildman–Crippen LogP) is -1.35. The van der Waals surface area contributed by atoms with E-state index >= 15 is 0 Å². The van der Waals surface area contributed by atoms with E-state index in [0.717, 1.165) is 0 Å². The largest absolute Gasteiger partial charge is 0.480 e. The summed E-state index contributed by atoms with van der Waals surface area (Å²) in [5.41, 5.74) is 5.41. The van der Waals surface area contributed by atoms with Gasteiger partial charge >= 0.3 is 5.97 Å². The molecule has 4 N–H and O–H groups in total. The Morgan fingerprint density at radius 3 is 2.47 bits per heavy atom. The highest BCUT2D eigenvalue weighted by Gasteiger charge is 2.58. The molecule has 0 bridgehead atoms. The van der Waals surface area contributed by atoms with Crippen LogP contribution in [0.4, 0.5) is 0 Å². The SMILES string of the molecule is CO[C@@H]1O[C@H]([C@H](O)[C@@H](N)C(=O)O)[C@H]2OC(C)(C)O[C@@H]12. The van der Waals surface area contributed by atoms with Crippen LogP contribution in [0.1, 0.15) is 13.8 Å². The van der Waals surface area contributed by atoms with Gasteiger partial charge in [-0.25, -0.2) is 0 Å². The van der Waals surface area contributed by atoms with E-state index in [0.29, 0.717) is 0 Å². The Labute approximate surface area is 110 Å². The molecule has 0 aromatic carbocycles. The van der Waals surface area contributed by atoms with Crippen molar-refractivity contribution in [1.29, 1.82) is 0 Å². The molecule has 8 heteroatoms. The van der Waals surface area contributed by atoms with Gasteiger partial charge in [-0.15, -0.1) is 0 Å². The molecule has 0 spiro atoms. The van der Waals surface area contributed by atoms with Crippen LogP contribution in [0.15, 0.2) is 0 Å². The molecule has 2 aliphatic rings. The minimum atomic E-state index is -1.46. The van der Waals surface area contributed by atoms with E-state index in [1.807, 2.05) is 0 Å². The van der Waals surface area contributed by atoms with Crippen LogP contribution < -0.4 is 5.73 Å².